The fourth-order valence-corrected chi connectivity index (χ4v) is 13.2. The van der Waals surface area contributed by atoms with Gasteiger partial charge in [-0.2, -0.15) is 5.26 Å². The van der Waals surface area contributed by atoms with Crippen LogP contribution in [0.25, 0.3) is 103 Å². The van der Waals surface area contributed by atoms with Gasteiger partial charge in [-0.15, -0.1) is 11.3 Å². The summed E-state index contributed by atoms with van der Waals surface area (Å²) in [6, 6.07) is 65.0. The lowest BCUT2D eigenvalue weighted by Gasteiger charge is -2.32. The van der Waals surface area contributed by atoms with Gasteiger partial charge in [0.2, 0.25) is 0 Å². The molecule has 12 aromatic rings. The van der Waals surface area contributed by atoms with E-state index in [0.29, 0.717) is 5.56 Å². The highest BCUT2D eigenvalue weighted by Gasteiger charge is 2.34. The molecule has 1 aliphatic carbocycles. The minimum absolute atomic E-state index is 0.117. The largest absolute Gasteiger partial charge is 0.332 e. The van der Waals surface area contributed by atoms with Crippen molar-refractivity contribution in [3.63, 3.8) is 0 Å². The molecule has 0 saturated carbocycles. The molecule has 1 aliphatic rings. The van der Waals surface area contributed by atoms with Crippen molar-refractivity contribution in [2.45, 2.75) is 46.6 Å². The maximum atomic E-state index is 11.1. The number of hydrogen-bond donors (Lipinski definition) is 0. The summed E-state index contributed by atoms with van der Waals surface area (Å²) in [5, 5.41) is 18.7. The van der Waals surface area contributed by atoms with Gasteiger partial charge in [0.05, 0.1) is 39.9 Å². The molecule has 1 atom stereocenters. The van der Waals surface area contributed by atoms with Crippen molar-refractivity contribution in [1.82, 2.24) is 9.13 Å². The second-order valence-corrected chi connectivity index (χ2v) is 19.2. The van der Waals surface area contributed by atoms with E-state index in [9.17, 15) is 5.26 Å². The fourth-order valence-electron chi connectivity index (χ4n) is 12.1. The molecule has 0 amide bonds. The molecule has 4 heteroatoms. The first-order valence-electron chi connectivity index (χ1n) is 23.2. The Kier molecular flexibility index (Phi) is 8.60. The van der Waals surface area contributed by atoms with Gasteiger partial charge in [-0.05, 0) is 120 Å². The van der Waals surface area contributed by atoms with Crippen LogP contribution in [0.15, 0.2) is 170 Å². The first kappa shape index (κ1) is 38.7. The average Bonchev–Trinajstić information content (AvgIpc) is 4.10. The van der Waals surface area contributed by atoms with E-state index in [1.54, 1.807) is 0 Å². The molecule has 0 spiro atoms. The Balaban J connectivity index is 1.26. The predicted octanol–water partition coefficient (Wildman–Crippen LogP) is 17.0. The fraction of sp³-hybridized carbons (Fsp3) is 0.113. The zero-order chi connectivity index (χ0) is 44.4. The number of hydrogen-bond acceptors (Lipinski definition) is 2. The summed E-state index contributed by atoms with van der Waals surface area (Å²) in [7, 11) is 0. The van der Waals surface area contributed by atoms with Crippen LogP contribution >= 0.6 is 11.3 Å². The number of aryl methyl sites for hydroxylation is 1. The Morgan fingerprint density at radius 3 is 1.91 bits per heavy atom. The maximum absolute atomic E-state index is 11.1. The summed E-state index contributed by atoms with van der Waals surface area (Å²) in [6.07, 6.45) is 1.74. The quantitative estimate of drug-likeness (QED) is 0.164. The summed E-state index contributed by atoms with van der Waals surface area (Å²) in [5.41, 5.74) is 21.5. The van der Waals surface area contributed by atoms with Crippen molar-refractivity contribution in [3.8, 4) is 45.1 Å². The second kappa shape index (κ2) is 14.7. The SMILES string of the molecule is CCC(c1c(-c2ccccc2C)c(C)c(-n2c3ccccc3c3ccc4c(c32)-c2ccccc2C4)c(C)c1-c1ccccc1C#N)n1c2ccccc2c2ccc3sc4ccccc4c3c21. The molecule has 0 saturated heterocycles. The van der Waals surface area contributed by atoms with Gasteiger partial charge < -0.3 is 9.13 Å². The third kappa shape index (κ3) is 5.29. The highest BCUT2D eigenvalue weighted by molar-refractivity contribution is 7.26. The molecular formula is C62H45N3S. The molecule has 0 N–H and O–H groups in total. The summed E-state index contributed by atoms with van der Waals surface area (Å²) in [5.74, 6) is 0. The van der Waals surface area contributed by atoms with Crippen molar-refractivity contribution in [2.24, 2.45) is 0 Å². The summed E-state index contributed by atoms with van der Waals surface area (Å²) in [6.45, 7) is 9.31. The number of aromatic nitrogens is 2. The van der Waals surface area contributed by atoms with Gasteiger partial charge in [0.15, 0.2) is 0 Å². The highest BCUT2D eigenvalue weighted by Crippen LogP contribution is 2.53. The zero-order valence-electron chi connectivity index (χ0n) is 37.4. The second-order valence-electron chi connectivity index (χ2n) is 18.2. The first-order valence-corrected chi connectivity index (χ1v) is 24.0. The van der Waals surface area contributed by atoms with Crippen molar-refractivity contribution in [1.29, 1.82) is 5.26 Å². The van der Waals surface area contributed by atoms with Crippen LogP contribution in [0.3, 0.4) is 0 Å². The third-order valence-corrected chi connectivity index (χ3v) is 15.9. The lowest BCUT2D eigenvalue weighted by atomic mass is 9.78. The van der Waals surface area contributed by atoms with Crippen LogP contribution in [0.2, 0.25) is 0 Å². The number of rotatable bonds is 6. The molecule has 314 valence electrons. The van der Waals surface area contributed by atoms with E-state index in [-0.39, 0.29) is 6.04 Å². The molecule has 3 aromatic heterocycles. The van der Waals surface area contributed by atoms with E-state index >= 15 is 0 Å². The minimum Gasteiger partial charge on any atom is -0.332 e. The van der Waals surface area contributed by atoms with Crippen LogP contribution in [0.1, 0.15) is 58.3 Å². The van der Waals surface area contributed by atoms with E-state index in [2.05, 4.69) is 201 Å². The van der Waals surface area contributed by atoms with Gasteiger partial charge in [0.25, 0.3) is 0 Å². The predicted molar refractivity (Wildman–Crippen MR) is 280 cm³/mol. The number of para-hydroxylation sites is 2. The van der Waals surface area contributed by atoms with Gasteiger partial charge >= 0.3 is 0 Å². The van der Waals surface area contributed by atoms with E-state index in [1.165, 1.54) is 125 Å². The Morgan fingerprint density at radius 2 is 1.14 bits per heavy atom. The van der Waals surface area contributed by atoms with Gasteiger partial charge in [-0.25, -0.2) is 0 Å². The summed E-state index contributed by atoms with van der Waals surface area (Å²) in [4.78, 5) is 0. The molecule has 13 rings (SSSR count). The molecule has 0 fully saturated rings. The van der Waals surface area contributed by atoms with Crippen molar-refractivity contribution in [2.75, 3.05) is 0 Å². The number of fused-ring (bicyclic) bond motifs is 14. The van der Waals surface area contributed by atoms with Crippen molar-refractivity contribution < 1.29 is 0 Å². The number of benzene rings is 9. The lowest BCUT2D eigenvalue weighted by Crippen LogP contribution is -2.17. The maximum Gasteiger partial charge on any atom is 0.0998 e. The van der Waals surface area contributed by atoms with Gasteiger partial charge in [-0.3, -0.25) is 0 Å². The molecule has 66 heavy (non-hydrogen) atoms. The third-order valence-electron chi connectivity index (χ3n) is 14.8. The van der Waals surface area contributed by atoms with Gasteiger partial charge in [-0.1, -0.05) is 146 Å². The van der Waals surface area contributed by atoms with Crippen LogP contribution in [-0.4, -0.2) is 9.13 Å². The van der Waals surface area contributed by atoms with Gasteiger partial charge in [0, 0.05) is 58.4 Å². The Hall–Kier alpha value is -7.71. The van der Waals surface area contributed by atoms with Gasteiger partial charge in [0.1, 0.15) is 0 Å². The average molecular weight is 864 g/mol. The van der Waals surface area contributed by atoms with E-state index in [0.717, 1.165) is 24.0 Å². The molecule has 1 unspecified atom stereocenters. The van der Waals surface area contributed by atoms with Crippen LogP contribution < -0.4 is 0 Å². The summed E-state index contributed by atoms with van der Waals surface area (Å²) < 4.78 is 7.87. The molecular weight excluding hydrogens is 819 g/mol. The first-order chi connectivity index (χ1) is 32.5. The number of thiophene rings is 1. The standard InChI is InChI=1S/C62H45N3S/c1-5-50(64-51-27-15-12-24-45(51)48-32-33-54-58(62(48)64)49-26-14-17-29-53(49)66-54)59-55(42-21-9-6-18-36(42)2)37(3)60(38(4)56(59)44-23-11-8-20-41(44)35-63)65-52-28-16-13-25-46(52)47-31-30-40-34-39-19-7-10-22-43(39)57(40)61(47)65/h6-33,50H,5,34H2,1-4H3. The molecule has 0 radical (unpaired) electrons. The Morgan fingerprint density at radius 1 is 0.530 bits per heavy atom. The number of nitrogens with zero attached hydrogens (tertiary/aromatic N) is 3. The Bertz CT molecular complexity index is 4070. The zero-order valence-corrected chi connectivity index (χ0v) is 38.2. The number of nitriles is 1. The van der Waals surface area contributed by atoms with Crippen molar-refractivity contribution >= 4 is 75.1 Å². The van der Waals surface area contributed by atoms with E-state index in [1.807, 2.05) is 23.5 Å². The molecule has 0 aliphatic heterocycles. The van der Waals surface area contributed by atoms with E-state index < -0.39 is 0 Å². The summed E-state index contributed by atoms with van der Waals surface area (Å²) >= 11 is 1.88. The highest BCUT2D eigenvalue weighted by atomic mass is 32.1. The minimum atomic E-state index is -0.117. The lowest BCUT2D eigenvalue weighted by molar-refractivity contribution is 0.604. The monoisotopic (exact) mass is 863 g/mol. The topological polar surface area (TPSA) is 33.6 Å². The molecule has 3 nitrogen and oxygen atoms in total. The van der Waals surface area contributed by atoms with Crippen LogP contribution in [0.5, 0.6) is 0 Å². The molecule has 0 bridgehead atoms. The smallest absolute Gasteiger partial charge is 0.0998 e. The van der Waals surface area contributed by atoms with Crippen LogP contribution in [0, 0.1) is 32.1 Å². The molecule has 9 aromatic carbocycles. The molecule has 3 heterocycles. The van der Waals surface area contributed by atoms with Crippen LogP contribution in [0.4, 0.5) is 0 Å². The Labute approximate surface area is 388 Å². The van der Waals surface area contributed by atoms with E-state index in [4.69, 9.17) is 0 Å². The van der Waals surface area contributed by atoms with Crippen LogP contribution in [-0.2, 0) is 6.42 Å². The van der Waals surface area contributed by atoms with Crippen molar-refractivity contribution in [3.05, 3.63) is 209 Å². The normalized spacial score (nSPS) is 12.8.